The summed E-state index contributed by atoms with van der Waals surface area (Å²) in [7, 11) is -2.85. The first-order valence-corrected chi connectivity index (χ1v) is 23.6. The highest BCUT2D eigenvalue weighted by Crippen LogP contribution is 2.76. The molecule has 8 rings (SSSR count). The Labute approximate surface area is 330 Å². The van der Waals surface area contributed by atoms with E-state index in [0.29, 0.717) is 79.0 Å². The molecule has 0 amide bonds. The molecule has 0 aromatic carbocycles. The van der Waals surface area contributed by atoms with E-state index in [1.807, 2.05) is 0 Å². The number of aromatic nitrogens is 2. The van der Waals surface area contributed by atoms with Crippen LogP contribution in [0.2, 0.25) is 0 Å². The van der Waals surface area contributed by atoms with Crippen molar-refractivity contribution in [1.29, 1.82) is 0 Å². The Hall–Kier alpha value is -2.30. The molecule has 3 unspecified atom stereocenters. The number of ether oxygens (including phenoxy) is 1. The third kappa shape index (κ3) is 6.54. The van der Waals surface area contributed by atoms with Gasteiger partial charge in [0.2, 0.25) is 5.88 Å². The molecule has 10 heteroatoms. The molecule has 1 aromatic rings. The van der Waals surface area contributed by atoms with Crippen molar-refractivity contribution < 1.29 is 23.1 Å². The van der Waals surface area contributed by atoms with E-state index in [0.717, 1.165) is 37.8 Å². The minimum Gasteiger partial charge on any atom is -0.481 e. The second-order valence-electron chi connectivity index (χ2n) is 20.4. The van der Waals surface area contributed by atoms with Gasteiger partial charge in [0.1, 0.15) is 0 Å². The van der Waals surface area contributed by atoms with Crippen molar-refractivity contribution in [2.75, 3.05) is 44.3 Å². The van der Waals surface area contributed by atoms with E-state index in [-0.39, 0.29) is 16.4 Å². The van der Waals surface area contributed by atoms with E-state index in [4.69, 9.17) is 4.74 Å². The molecule has 0 bridgehead atoms. The highest BCUT2D eigenvalue weighted by atomic mass is 32.2. The number of sulfone groups is 1. The Kier molecular flexibility index (Phi) is 10.2. The molecule has 1 aromatic heterocycles. The quantitative estimate of drug-likeness (QED) is 0.244. The number of aliphatic carboxylic acids is 1. The number of fused-ring (bicyclic) bond motifs is 7. The van der Waals surface area contributed by atoms with Crippen molar-refractivity contribution in [3.63, 3.8) is 0 Å². The van der Waals surface area contributed by atoms with E-state index in [1.165, 1.54) is 68.9 Å². The van der Waals surface area contributed by atoms with E-state index in [2.05, 4.69) is 67.0 Å². The van der Waals surface area contributed by atoms with Gasteiger partial charge in [0.05, 0.1) is 29.7 Å². The first-order valence-electron chi connectivity index (χ1n) is 21.8. The predicted octanol–water partition coefficient (Wildman–Crippen LogP) is 7.89. The normalized spacial score (nSPS) is 42.1. The third-order valence-corrected chi connectivity index (χ3v) is 19.7. The molecule has 304 valence electrons. The summed E-state index contributed by atoms with van der Waals surface area (Å²) in [5.74, 6) is 3.12. The molecule has 0 spiro atoms. The molecule has 0 radical (unpaired) electrons. The first kappa shape index (κ1) is 39.5. The smallest absolute Gasteiger partial charge is 0.310 e. The molecule has 1 aliphatic heterocycles. The molecule has 9 atom stereocenters. The fraction of sp³-hybridized carbons (Fsp3) is 0.800. The van der Waals surface area contributed by atoms with E-state index in [9.17, 15) is 18.3 Å². The van der Waals surface area contributed by atoms with Crippen LogP contribution in [0.15, 0.2) is 41.9 Å². The van der Waals surface area contributed by atoms with Gasteiger partial charge in [0, 0.05) is 44.1 Å². The molecule has 4 saturated carbocycles. The summed E-state index contributed by atoms with van der Waals surface area (Å²) in [5.41, 5.74) is 3.23. The number of allylic oxidation sites excluding steroid dienone is 4. The Balaban J connectivity index is 0.962. The summed E-state index contributed by atoms with van der Waals surface area (Å²) >= 11 is 0. The summed E-state index contributed by atoms with van der Waals surface area (Å²) in [6.07, 6.45) is 25.0. The van der Waals surface area contributed by atoms with Gasteiger partial charge >= 0.3 is 5.97 Å². The number of carboxylic acid groups (broad SMARTS) is 1. The van der Waals surface area contributed by atoms with E-state index < -0.39 is 21.2 Å². The minimum atomic E-state index is -2.85. The van der Waals surface area contributed by atoms with Gasteiger partial charge in [0.15, 0.2) is 9.84 Å². The fourth-order valence-electron chi connectivity index (χ4n) is 14.8. The van der Waals surface area contributed by atoms with Crippen LogP contribution in [-0.4, -0.2) is 84.2 Å². The van der Waals surface area contributed by atoms with E-state index in [1.54, 1.807) is 18.6 Å². The van der Waals surface area contributed by atoms with Gasteiger partial charge in [-0.25, -0.2) is 13.4 Å². The lowest BCUT2D eigenvalue weighted by Crippen LogP contribution is -2.67. The molecule has 55 heavy (non-hydrogen) atoms. The average molecular weight is 777 g/mol. The van der Waals surface area contributed by atoms with Gasteiger partial charge < -0.3 is 20.1 Å². The van der Waals surface area contributed by atoms with Gasteiger partial charge in [-0.15, -0.1) is 0 Å². The summed E-state index contributed by atoms with van der Waals surface area (Å²) in [6.45, 7) is 16.7. The maximum atomic E-state index is 12.7. The molecular formula is C45H68N4O5S. The van der Waals surface area contributed by atoms with Crippen molar-refractivity contribution in [3.05, 3.63) is 41.9 Å². The monoisotopic (exact) mass is 776 g/mol. The van der Waals surface area contributed by atoms with Crippen molar-refractivity contribution >= 4 is 15.8 Å². The predicted molar refractivity (Wildman–Crippen MR) is 216 cm³/mol. The lowest BCUT2D eigenvalue weighted by molar-refractivity contribution is -0.218. The largest absolute Gasteiger partial charge is 0.481 e. The van der Waals surface area contributed by atoms with Gasteiger partial charge in [-0.3, -0.25) is 9.78 Å². The van der Waals surface area contributed by atoms with E-state index >= 15 is 0 Å². The average Bonchev–Trinajstić information content (AvgIpc) is 3.57. The molecular weight excluding hydrogens is 709 g/mol. The summed E-state index contributed by atoms with van der Waals surface area (Å²) < 4.78 is 29.8. The molecule has 7 aliphatic rings. The second kappa shape index (κ2) is 14.2. The molecule has 6 aliphatic carbocycles. The van der Waals surface area contributed by atoms with Gasteiger partial charge in [-0.2, -0.15) is 0 Å². The number of rotatable bonds is 10. The fourth-order valence-corrected chi connectivity index (χ4v) is 16.1. The molecule has 5 fully saturated rings. The van der Waals surface area contributed by atoms with Gasteiger partial charge in [-0.05, 0) is 140 Å². The molecule has 2 N–H and O–H groups in total. The number of nitrogens with one attached hydrogen (secondary N) is 1. The maximum absolute atomic E-state index is 12.7. The Bertz CT molecular complexity index is 1780. The number of hydrogen-bond acceptors (Lipinski definition) is 8. The molecule has 9 nitrogen and oxygen atoms in total. The molecule has 1 saturated heterocycles. The summed E-state index contributed by atoms with van der Waals surface area (Å²) in [5, 5.41) is 14.6. The lowest BCUT2D eigenvalue weighted by atomic mass is 9.33. The zero-order valence-electron chi connectivity index (χ0n) is 34.4. The van der Waals surface area contributed by atoms with Crippen LogP contribution in [0, 0.1) is 50.7 Å². The molecule has 2 heterocycles. The maximum Gasteiger partial charge on any atom is 0.310 e. The van der Waals surface area contributed by atoms with Gasteiger partial charge in [0.25, 0.3) is 0 Å². The third-order valence-electron chi connectivity index (χ3n) is 18.1. The highest BCUT2D eigenvalue weighted by molar-refractivity contribution is 7.91. The van der Waals surface area contributed by atoms with Crippen LogP contribution >= 0.6 is 0 Å². The number of carboxylic acids is 1. The first-order chi connectivity index (χ1) is 26.1. The SMILES string of the molecule is CC1(C)C(C2=CCC(CCOc3cnccn3)(C(=O)O)CC2)=CC[C@@]2(C)C1CC[C@]1(C)C2CC[C@@H]2[C@H]3CCC[C@]3(NCCN3CCS(=O)(=O)CC3)CC[C@]21C. The van der Waals surface area contributed by atoms with Crippen LogP contribution in [0.5, 0.6) is 5.88 Å². The Morgan fingerprint density at radius 1 is 0.909 bits per heavy atom. The zero-order valence-corrected chi connectivity index (χ0v) is 35.2. The Morgan fingerprint density at radius 2 is 1.71 bits per heavy atom. The van der Waals surface area contributed by atoms with Gasteiger partial charge in [-0.1, -0.05) is 53.2 Å². The second-order valence-corrected chi connectivity index (χ2v) is 22.8. The highest BCUT2D eigenvalue weighted by Gasteiger charge is 2.69. The standard InChI is InChI=1S/C45H68N4O5S/c1-40(2)33(32-10-17-44(18-11-32,39(50)51)21-28-54-38-31-46-22-23-47-38)12-15-41(3)36(40)13-16-43(5)37(41)9-8-34-35-7-6-14-45(35,20-19-42(34,43)4)48-24-25-49-26-29-55(52,53)30-27-49/h10,12,22-23,31,34-37,48H,6-9,11,13-21,24-30H2,1-5H3,(H,50,51)/t34-,35-,36?,37?,41+,42-,43-,44?,45+/m1/s1. The number of hydrogen-bond donors (Lipinski definition) is 2. The van der Waals surface area contributed by atoms with Crippen LogP contribution in [0.25, 0.3) is 0 Å². The summed E-state index contributed by atoms with van der Waals surface area (Å²) in [4.78, 5) is 23.3. The number of carbonyl (C=O) groups is 1. The van der Waals surface area contributed by atoms with Crippen molar-refractivity contribution in [3.8, 4) is 5.88 Å². The number of nitrogens with zero attached hydrogens (tertiary/aromatic N) is 3. The van der Waals surface area contributed by atoms with Crippen LogP contribution in [-0.2, 0) is 14.6 Å². The van der Waals surface area contributed by atoms with Crippen molar-refractivity contribution in [2.45, 2.75) is 130 Å². The Morgan fingerprint density at radius 3 is 2.42 bits per heavy atom. The lowest BCUT2D eigenvalue weighted by Gasteiger charge is -2.72. The summed E-state index contributed by atoms with van der Waals surface area (Å²) in [6, 6.07) is 0. The van der Waals surface area contributed by atoms with Crippen molar-refractivity contribution in [1.82, 2.24) is 20.2 Å². The van der Waals surface area contributed by atoms with Crippen LogP contribution in [0.4, 0.5) is 0 Å². The topological polar surface area (TPSA) is 122 Å². The zero-order chi connectivity index (χ0) is 38.9. The van der Waals surface area contributed by atoms with Crippen LogP contribution in [0.1, 0.15) is 125 Å². The minimum absolute atomic E-state index is 0.0336. The van der Waals surface area contributed by atoms with Crippen LogP contribution in [0.3, 0.4) is 0 Å². The van der Waals surface area contributed by atoms with Crippen molar-refractivity contribution in [2.24, 2.45) is 50.7 Å². The van der Waals surface area contributed by atoms with Crippen LogP contribution < -0.4 is 10.1 Å².